The first-order valence-corrected chi connectivity index (χ1v) is 6.88. The van der Waals surface area contributed by atoms with Gasteiger partial charge in [0.05, 0.1) is 13.2 Å². The molecular weight excluding hydrogens is 246 g/mol. The van der Waals surface area contributed by atoms with Gasteiger partial charge in [-0.25, -0.2) is 0 Å². The predicted molar refractivity (Wildman–Crippen MR) is 66.4 cm³/mol. The Morgan fingerprint density at radius 3 is 2.42 bits per heavy atom. The summed E-state index contributed by atoms with van der Waals surface area (Å²) in [5, 5.41) is 0. The van der Waals surface area contributed by atoms with Crippen molar-refractivity contribution in [3.8, 4) is 0 Å². The van der Waals surface area contributed by atoms with Crippen molar-refractivity contribution in [2.75, 3.05) is 26.3 Å². The lowest BCUT2D eigenvalue weighted by molar-refractivity contribution is -0.158. The molecule has 2 aliphatic carbocycles. The standard InChI is InChI=1S/C14H19NO4/c1-13(2)9-3-4-14(13,11(17)10(9)16)12(18)15-5-7-19-8-6-15/h9H,3-8H2,1-2H3. The first-order chi connectivity index (χ1) is 8.93. The van der Waals surface area contributed by atoms with Gasteiger partial charge < -0.3 is 9.64 Å². The molecule has 3 rings (SSSR count). The largest absolute Gasteiger partial charge is 0.378 e. The molecule has 0 aromatic rings. The molecule has 3 aliphatic rings. The van der Waals surface area contributed by atoms with E-state index in [0.717, 1.165) is 0 Å². The van der Waals surface area contributed by atoms with Crippen LogP contribution in [0.15, 0.2) is 0 Å². The van der Waals surface area contributed by atoms with Gasteiger partial charge in [0.15, 0.2) is 0 Å². The minimum absolute atomic E-state index is 0.154. The molecule has 2 saturated carbocycles. The van der Waals surface area contributed by atoms with Gasteiger partial charge in [-0.2, -0.15) is 0 Å². The fourth-order valence-corrected chi connectivity index (χ4v) is 4.09. The Balaban J connectivity index is 1.99. The van der Waals surface area contributed by atoms with E-state index in [1.54, 1.807) is 4.90 Å². The molecular formula is C14H19NO4. The van der Waals surface area contributed by atoms with Crippen LogP contribution in [0.25, 0.3) is 0 Å². The van der Waals surface area contributed by atoms with Crippen LogP contribution in [0.5, 0.6) is 0 Å². The van der Waals surface area contributed by atoms with E-state index in [9.17, 15) is 14.4 Å². The number of morpholine rings is 1. The van der Waals surface area contributed by atoms with Crippen LogP contribution in [-0.4, -0.2) is 48.7 Å². The zero-order valence-corrected chi connectivity index (χ0v) is 11.4. The summed E-state index contributed by atoms with van der Waals surface area (Å²) in [6.45, 7) is 5.84. The highest BCUT2D eigenvalue weighted by Gasteiger charge is 2.73. The molecule has 5 heteroatoms. The van der Waals surface area contributed by atoms with E-state index in [0.29, 0.717) is 39.1 Å². The minimum Gasteiger partial charge on any atom is -0.378 e. The summed E-state index contributed by atoms with van der Waals surface area (Å²) >= 11 is 0. The third-order valence-corrected chi connectivity index (χ3v) is 5.37. The number of Topliss-reactive ketones (excluding diaryl/α,β-unsaturated/α-hetero) is 2. The van der Waals surface area contributed by atoms with Crippen LogP contribution in [0, 0.1) is 16.7 Å². The highest BCUT2D eigenvalue weighted by Crippen LogP contribution is 2.63. The van der Waals surface area contributed by atoms with Crippen LogP contribution in [-0.2, 0) is 19.1 Å². The third-order valence-electron chi connectivity index (χ3n) is 5.37. The SMILES string of the molecule is CC1(C)C2CCC1(C(=O)N1CCOCC1)C(=O)C2=O. The molecule has 0 aromatic carbocycles. The summed E-state index contributed by atoms with van der Waals surface area (Å²) in [7, 11) is 0. The molecule has 3 fully saturated rings. The fourth-order valence-electron chi connectivity index (χ4n) is 4.09. The van der Waals surface area contributed by atoms with Gasteiger partial charge >= 0.3 is 0 Å². The average Bonchev–Trinajstić information content (AvgIpc) is 2.75. The lowest BCUT2D eigenvalue weighted by atomic mass is 9.68. The van der Waals surface area contributed by atoms with Crippen molar-refractivity contribution in [1.29, 1.82) is 0 Å². The number of rotatable bonds is 1. The number of carbonyl (C=O) groups is 3. The van der Waals surface area contributed by atoms with Gasteiger partial charge in [0.1, 0.15) is 5.41 Å². The highest BCUT2D eigenvalue weighted by atomic mass is 16.5. The molecule has 5 nitrogen and oxygen atoms in total. The molecule has 19 heavy (non-hydrogen) atoms. The number of ketones is 2. The van der Waals surface area contributed by atoms with E-state index in [-0.39, 0.29) is 17.6 Å². The first-order valence-electron chi connectivity index (χ1n) is 6.88. The summed E-state index contributed by atoms with van der Waals surface area (Å²) in [5.74, 6) is -1.22. The summed E-state index contributed by atoms with van der Waals surface area (Å²) in [4.78, 5) is 38.9. The van der Waals surface area contributed by atoms with Crippen molar-refractivity contribution in [1.82, 2.24) is 4.90 Å². The summed E-state index contributed by atoms with van der Waals surface area (Å²) in [6.07, 6.45) is 1.18. The van der Waals surface area contributed by atoms with Gasteiger partial charge in [0.25, 0.3) is 0 Å². The topological polar surface area (TPSA) is 63.7 Å². The van der Waals surface area contributed by atoms with Gasteiger partial charge in [0.2, 0.25) is 17.5 Å². The second-order valence-electron chi connectivity index (χ2n) is 6.32. The van der Waals surface area contributed by atoms with Gasteiger partial charge in [0, 0.05) is 19.0 Å². The molecule has 1 amide bonds. The van der Waals surface area contributed by atoms with Crippen molar-refractivity contribution >= 4 is 17.5 Å². The number of hydrogen-bond acceptors (Lipinski definition) is 4. The smallest absolute Gasteiger partial charge is 0.237 e. The van der Waals surface area contributed by atoms with E-state index >= 15 is 0 Å². The molecule has 2 atom stereocenters. The average molecular weight is 265 g/mol. The number of amides is 1. The number of fused-ring (bicyclic) bond motifs is 2. The molecule has 2 unspecified atom stereocenters. The number of nitrogens with zero attached hydrogens (tertiary/aromatic N) is 1. The molecule has 1 saturated heterocycles. The Morgan fingerprint density at radius 1 is 1.26 bits per heavy atom. The van der Waals surface area contributed by atoms with Gasteiger partial charge in [-0.3, -0.25) is 14.4 Å². The van der Waals surface area contributed by atoms with Crippen molar-refractivity contribution in [3.05, 3.63) is 0 Å². The lowest BCUT2D eigenvalue weighted by Crippen LogP contribution is -2.54. The van der Waals surface area contributed by atoms with Gasteiger partial charge in [-0.05, 0) is 18.3 Å². The lowest BCUT2D eigenvalue weighted by Gasteiger charge is -2.39. The first kappa shape index (κ1) is 12.8. The second kappa shape index (κ2) is 3.88. The van der Waals surface area contributed by atoms with Crippen LogP contribution in [0.1, 0.15) is 26.7 Å². The molecule has 0 radical (unpaired) electrons. The zero-order valence-electron chi connectivity index (χ0n) is 11.4. The summed E-state index contributed by atoms with van der Waals surface area (Å²) in [6, 6.07) is 0. The van der Waals surface area contributed by atoms with Crippen LogP contribution in [0.2, 0.25) is 0 Å². The van der Waals surface area contributed by atoms with Gasteiger partial charge in [-0.15, -0.1) is 0 Å². The van der Waals surface area contributed by atoms with E-state index < -0.39 is 16.6 Å². The summed E-state index contributed by atoms with van der Waals surface area (Å²) < 4.78 is 5.24. The second-order valence-corrected chi connectivity index (χ2v) is 6.32. The number of hydrogen-bond donors (Lipinski definition) is 0. The van der Waals surface area contributed by atoms with E-state index in [2.05, 4.69) is 0 Å². The van der Waals surface area contributed by atoms with Gasteiger partial charge in [-0.1, -0.05) is 13.8 Å². The van der Waals surface area contributed by atoms with Crippen molar-refractivity contribution in [2.45, 2.75) is 26.7 Å². The third kappa shape index (κ3) is 1.37. The van der Waals surface area contributed by atoms with E-state index in [1.165, 1.54) is 0 Å². The Bertz CT molecular complexity index is 464. The number of ether oxygens (including phenoxy) is 1. The van der Waals surface area contributed by atoms with Crippen molar-refractivity contribution in [3.63, 3.8) is 0 Å². The van der Waals surface area contributed by atoms with E-state index in [1.807, 2.05) is 13.8 Å². The summed E-state index contributed by atoms with van der Waals surface area (Å²) in [5.41, 5.74) is -1.65. The molecule has 1 aliphatic heterocycles. The predicted octanol–water partition coefficient (Wildman–Crippen LogP) is 0.420. The Hall–Kier alpha value is -1.23. The van der Waals surface area contributed by atoms with Crippen molar-refractivity contribution < 1.29 is 19.1 Å². The maximum Gasteiger partial charge on any atom is 0.237 e. The van der Waals surface area contributed by atoms with Crippen molar-refractivity contribution in [2.24, 2.45) is 16.7 Å². The maximum atomic E-state index is 12.8. The quantitative estimate of drug-likeness (QED) is 0.509. The van der Waals surface area contributed by atoms with Crippen LogP contribution >= 0.6 is 0 Å². The normalized spacial score (nSPS) is 36.9. The molecule has 1 heterocycles. The number of carbonyl (C=O) groups excluding carboxylic acids is 3. The van der Waals surface area contributed by atoms with Crippen LogP contribution < -0.4 is 0 Å². The molecule has 104 valence electrons. The molecule has 0 aromatic heterocycles. The van der Waals surface area contributed by atoms with E-state index in [4.69, 9.17) is 4.74 Å². The Labute approximate surface area is 112 Å². The fraction of sp³-hybridized carbons (Fsp3) is 0.786. The Morgan fingerprint density at radius 2 is 1.89 bits per heavy atom. The van der Waals surface area contributed by atoms with Crippen LogP contribution in [0.3, 0.4) is 0 Å². The molecule has 0 N–H and O–H groups in total. The Kier molecular flexibility index (Phi) is 2.61. The monoisotopic (exact) mass is 265 g/mol. The zero-order chi connectivity index (χ0) is 13.8. The molecule has 0 spiro atoms. The van der Waals surface area contributed by atoms with Crippen LogP contribution in [0.4, 0.5) is 0 Å². The minimum atomic E-state index is -1.11. The molecule has 2 bridgehead atoms. The highest BCUT2D eigenvalue weighted by molar-refractivity contribution is 6.47. The maximum absolute atomic E-state index is 12.8.